The van der Waals surface area contributed by atoms with Crippen LogP contribution in [0, 0.1) is 0 Å². The zero-order chi connectivity index (χ0) is 15.0. The quantitative estimate of drug-likeness (QED) is 0.551. The highest BCUT2D eigenvalue weighted by atomic mass is 35.6. The fourth-order valence-electron chi connectivity index (χ4n) is 1.25. The molecule has 0 spiro atoms. The van der Waals surface area contributed by atoms with Crippen molar-refractivity contribution in [1.29, 1.82) is 0 Å². The average molecular weight is 337 g/mol. The molecule has 0 saturated carbocycles. The minimum absolute atomic E-state index is 0.349. The third-order valence-corrected chi connectivity index (χ3v) is 2.89. The van der Waals surface area contributed by atoms with Crippen molar-refractivity contribution in [1.82, 2.24) is 4.98 Å². The first-order valence-electron chi connectivity index (χ1n) is 6.04. The molecule has 0 N–H and O–H groups in total. The molecular weight excluding hydrogens is 321 g/mol. The summed E-state index contributed by atoms with van der Waals surface area (Å²) in [6, 6.07) is 3.16. The van der Waals surface area contributed by atoms with E-state index in [0.717, 1.165) is 0 Å². The smallest absolute Gasteiger partial charge is 0.217 e. The summed E-state index contributed by atoms with van der Waals surface area (Å²) in [6.07, 6.45) is 7.46. The van der Waals surface area contributed by atoms with Crippen molar-refractivity contribution in [2.24, 2.45) is 0 Å². The summed E-state index contributed by atoms with van der Waals surface area (Å²) in [7, 11) is 0. The Hall–Kier alpha value is -0.900. The van der Waals surface area contributed by atoms with Gasteiger partial charge in [0.25, 0.3) is 0 Å². The highest BCUT2D eigenvalue weighted by molar-refractivity contribution is 6.66. The molecule has 6 heteroatoms. The molecule has 0 aromatic carbocycles. The summed E-state index contributed by atoms with van der Waals surface area (Å²) < 4.78 is 9.36. The lowest BCUT2D eigenvalue weighted by molar-refractivity contribution is 0.318. The maximum atomic E-state index is 5.89. The minimum Gasteiger partial charge on any atom is -0.473 e. The molecule has 0 aliphatic heterocycles. The van der Waals surface area contributed by atoms with Gasteiger partial charge in [-0.25, -0.2) is 0 Å². The fourth-order valence-corrected chi connectivity index (χ4v) is 1.58. The van der Waals surface area contributed by atoms with E-state index in [1.54, 1.807) is 12.1 Å². The normalized spacial score (nSPS) is 12.2. The maximum absolute atomic E-state index is 5.89. The second-order valence-electron chi connectivity index (χ2n) is 3.79. The molecule has 0 saturated heterocycles. The van der Waals surface area contributed by atoms with E-state index in [0.29, 0.717) is 30.5 Å². The number of ether oxygens (including phenoxy) is 2. The van der Waals surface area contributed by atoms with Gasteiger partial charge in [0.2, 0.25) is 15.6 Å². The Bertz CT molecular complexity index is 448. The number of aromatic nitrogens is 1. The zero-order valence-electron chi connectivity index (χ0n) is 11.3. The fraction of sp³-hybridized carbons (Fsp3) is 0.357. The van der Waals surface area contributed by atoms with Crippen LogP contribution in [0.25, 0.3) is 0 Å². The van der Waals surface area contributed by atoms with Gasteiger partial charge in [-0.15, -0.1) is 0 Å². The molecule has 1 heterocycles. The lowest BCUT2D eigenvalue weighted by Crippen LogP contribution is -2.06. The summed E-state index contributed by atoms with van der Waals surface area (Å²) in [5.41, 5.74) is 0.448. The zero-order valence-corrected chi connectivity index (χ0v) is 13.5. The number of halogens is 3. The predicted octanol–water partition coefficient (Wildman–Crippen LogP) is 4.82. The van der Waals surface area contributed by atoms with Crippen LogP contribution in [-0.4, -0.2) is 18.2 Å². The number of pyridine rings is 1. The number of alkyl halides is 3. The van der Waals surface area contributed by atoms with Crippen molar-refractivity contribution < 1.29 is 9.47 Å². The predicted molar refractivity (Wildman–Crippen MR) is 84.1 cm³/mol. The Morgan fingerprint density at radius 1 is 1.00 bits per heavy atom. The molecule has 0 atom stereocenters. The molecular formula is C14H16Cl3NO2. The van der Waals surface area contributed by atoms with Crippen molar-refractivity contribution in [2.75, 3.05) is 13.2 Å². The van der Waals surface area contributed by atoms with E-state index in [1.165, 1.54) is 0 Å². The molecule has 0 fully saturated rings. The van der Waals surface area contributed by atoms with E-state index in [1.807, 2.05) is 38.2 Å². The molecule has 0 bridgehead atoms. The van der Waals surface area contributed by atoms with Crippen molar-refractivity contribution >= 4 is 34.8 Å². The molecule has 0 amide bonds. The van der Waals surface area contributed by atoms with E-state index in [4.69, 9.17) is 44.3 Å². The van der Waals surface area contributed by atoms with E-state index < -0.39 is 3.79 Å². The average Bonchev–Trinajstić information content (AvgIpc) is 2.38. The molecule has 0 unspecified atom stereocenters. The van der Waals surface area contributed by atoms with Crippen LogP contribution in [0.1, 0.15) is 19.4 Å². The monoisotopic (exact) mass is 335 g/mol. The van der Waals surface area contributed by atoms with Gasteiger partial charge in [0, 0.05) is 17.7 Å². The lowest BCUT2D eigenvalue weighted by atomic mass is 10.3. The molecule has 0 aliphatic rings. The Labute approximate surface area is 134 Å². The van der Waals surface area contributed by atoms with E-state index >= 15 is 0 Å². The first-order valence-corrected chi connectivity index (χ1v) is 7.18. The van der Waals surface area contributed by atoms with Crippen molar-refractivity contribution in [2.45, 2.75) is 17.6 Å². The first kappa shape index (κ1) is 17.2. The van der Waals surface area contributed by atoms with Crippen LogP contribution in [0.5, 0.6) is 11.8 Å². The molecule has 1 rings (SSSR count). The molecule has 1 aromatic rings. The number of hydrogen-bond donors (Lipinski definition) is 0. The van der Waals surface area contributed by atoms with Crippen molar-refractivity contribution in [3.8, 4) is 11.8 Å². The van der Waals surface area contributed by atoms with Gasteiger partial charge in [-0.1, -0.05) is 59.1 Å². The molecule has 0 radical (unpaired) electrons. The van der Waals surface area contributed by atoms with Crippen LogP contribution >= 0.6 is 34.8 Å². The van der Waals surface area contributed by atoms with Gasteiger partial charge >= 0.3 is 0 Å². The lowest BCUT2D eigenvalue weighted by Gasteiger charge is -2.14. The Morgan fingerprint density at radius 2 is 1.45 bits per heavy atom. The van der Waals surface area contributed by atoms with Gasteiger partial charge < -0.3 is 9.47 Å². The summed E-state index contributed by atoms with van der Waals surface area (Å²) in [4.78, 5) is 4.20. The summed E-state index contributed by atoms with van der Waals surface area (Å²) in [5, 5.41) is 0. The maximum Gasteiger partial charge on any atom is 0.217 e. The topological polar surface area (TPSA) is 31.4 Å². The van der Waals surface area contributed by atoms with Crippen LogP contribution in [0.2, 0.25) is 0 Å². The van der Waals surface area contributed by atoms with E-state index in [2.05, 4.69) is 4.98 Å². The Morgan fingerprint density at radius 3 is 1.80 bits per heavy atom. The molecule has 20 heavy (non-hydrogen) atoms. The van der Waals surface area contributed by atoms with Gasteiger partial charge in [0.15, 0.2) is 0 Å². The van der Waals surface area contributed by atoms with Crippen molar-refractivity contribution in [3.05, 3.63) is 42.0 Å². The highest BCUT2D eigenvalue weighted by Gasteiger charge is 2.25. The van der Waals surface area contributed by atoms with Crippen LogP contribution < -0.4 is 9.47 Å². The third kappa shape index (κ3) is 6.04. The number of allylic oxidation sites excluding steroid dienone is 2. The highest BCUT2D eigenvalue weighted by Crippen LogP contribution is 2.40. The second-order valence-corrected chi connectivity index (χ2v) is 6.07. The number of nitrogens with zero attached hydrogens (tertiary/aromatic N) is 1. The molecule has 3 nitrogen and oxygen atoms in total. The number of hydrogen-bond acceptors (Lipinski definition) is 3. The van der Waals surface area contributed by atoms with Gasteiger partial charge in [-0.3, -0.25) is 0 Å². The van der Waals surface area contributed by atoms with Crippen LogP contribution in [0.3, 0.4) is 0 Å². The minimum atomic E-state index is -1.56. The van der Waals surface area contributed by atoms with Gasteiger partial charge in [-0.2, -0.15) is 4.98 Å². The molecule has 110 valence electrons. The standard InChI is InChI=1S/C14H16Cl3NO2/c1-3-5-7-19-12-9-11(14(15,16)17)10-13(18-12)20-8-6-4-2/h3-6,9-10H,7-8H2,1-2H3/b5-3+,6-4+. The largest absolute Gasteiger partial charge is 0.473 e. The SMILES string of the molecule is C/C=C/COc1cc(C(Cl)(Cl)Cl)cc(OC/C=C/C)n1. The summed E-state index contributed by atoms with van der Waals surface area (Å²) in [5.74, 6) is 0.699. The van der Waals surface area contributed by atoms with Crippen LogP contribution in [0.15, 0.2) is 36.4 Å². The first-order chi connectivity index (χ1) is 9.47. The van der Waals surface area contributed by atoms with Gasteiger partial charge in [0.1, 0.15) is 13.2 Å². The summed E-state index contributed by atoms with van der Waals surface area (Å²) in [6.45, 7) is 4.59. The Kier molecular flexibility index (Phi) is 7.20. The Balaban J connectivity index is 2.95. The molecule has 0 aliphatic carbocycles. The van der Waals surface area contributed by atoms with E-state index in [9.17, 15) is 0 Å². The van der Waals surface area contributed by atoms with E-state index in [-0.39, 0.29) is 0 Å². The second kappa shape index (κ2) is 8.40. The molecule has 1 aromatic heterocycles. The number of rotatable bonds is 6. The van der Waals surface area contributed by atoms with Crippen LogP contribution in [-0.2, 0) is 3.79 Å². The van der Waals surface area contributed by atoms with Gasteiger partial charge in [-0.05, 0) is 13.8 Å². The third-order valence-electron chi connectivity index (χ3n) is 2.23. The van der Waals surface area contributed by atoms with Gasteiger partial charge in [0.05, 0.1) is 0 Å². The van der Waals surface area contributed by atoms with Crippen LogP contribution in [0.4, 0.5) is 0 Å². The van der Waals surface area contributed by atoms with Crippen molar-refractivity contribution in [3.63, 3.8) is 0 Å². The summed E-state index contributed by atoms with van der Waals surface area (Å²) >= 11 is 17.7.